The van der Waals surface area contributed by atoms with E-state index in [0.717, 1.165) is 25.2 Å². The number of nitrogens with one attached hydrogen (secondary N) is 3. The van der Waals surface area contributed by atoms with Crippen LogP contribution in [0.3, 0.4) is 0 Å². The second-order valence-corrected chi connectivity index (χ2v) is 5.45. The fourth-order valence-electron chi connectivity index (χ4n) is 2.54. The van der Waals surface area contributed by atoms with Crippen LogP contribution in [0.1, 0.15) is 16.8 Å². The molecule has 1 atom stereocenters. The highest BCUT2D eigenvalue weighted by atomic mass is 16.1. The van der Waals surface area contributed by atoms with Crippen molar-refractivity contribution in [2.24, 2.45) is 0 Å². The second-order valence-electron chi connectivity index (χ2n) is 5.45. The molecule has 1 aliphatic heterocycles. The number of para-hydroxylation sites is 2. The third kappa shape index (κ3) is 3.38. The molecule has 0 radical (unpaired) electrons. The van der Waals surface area contributed by atoms with E-state index < -0.39 is 0 Å². The van der Waals surface area contributed by atoms with Crippen LogP contribution in [0.15, 0.2) is 48.5 Å². The predicted molar refractivity (Wildman–Crippen MR) is 90.1 cm³/mol. The Morgan fingerprint density at radius 1 is 1.14 bits per heavy atom. The topological polar surface area (TPSA) is 79.2 Å². The number of nitrogens with two attached hydrogens (primary N) is 1. The number of rotatable bonds is 4. The van der Waals surface area contributed by atoms with Crippen LogP contribution in [0.4, 0.5) is 17.1 Å². The summed E-state index contributed by atoms with van der Waals surface area (Å²) in [5.41, 5.74) is 8.66. The Morgan fingerprint density at radius 3 is 2.59 bits per heavy atom. The minimum Gasteiger partial charge on any atom is -0.397 e. The summed E-state index contributed by atoms with van der Waals surface area (Å²) in [6.07, 6.45) is 1.12. The summed E-state index contributed by atoms with van der Waals surface area (Å²) in [7, 11) is 0. The largest absolute Gasteiger partial charge is 0.397 e. The highest BCUT2D eigenvalue weighted by molar-refractivity contribution is 6.05. The molecular formula is C17H20N4O. The summed E-state index contributed by atoms with van der Waals surface area (Å²) in [5.74, 6) is -0.160. The maximum Gasteiger partial charge on any atom is 0.255 e. The van der Waals surface area contributed by atoms with Gasteiger partial charge in [-0.1, -0.05) is 12.1 Å². The lowest BCUT2D eigenvalue weighted by Crippen LogP contribution is -2.22. The van der Waals surface area contributed by atoms with Gasteiger partial charge in [-0.2, -0.15) is 0 Å². The fourth-order valence-corrected chi connectivity index (χ4v) is 2.54. The van der Waals surface area contributed by atoms with Crippen molar-refractivity contribution in [3.63, 3.8) is 0 Å². The SMILES string of the molecule is Nc1ccccc1NC(=O)c1ccc(NC2CCNC2)cc1. The molecule has 1 heterocycles. The van der Waals surface area contributed by atoms with Crippen LogP contribution in [0.25, 0.3) is 0 Å². The molecule has 1 saturated heterocycles. The highest BCUT2D eigenvalue weighted by Gasteiger charge is 2.14. The minimum atomic E-state index is -0.160. The van der Waals surface area contributed by atoms with Gasteiger partial charge in [0, 0.05) is 23.8 Å². The van der Waals surface area contributed by atoms with Crippen LogP contribution < -0.4 is 21.7 Å². The van der Waals surface area contributed by atoms with Gasteiger partial charge in [0.05, 0.1) is 11.4 Å². The average Bonchev–Trinajstić information content (AvgIpc) is 3.03. The molecule has 5 N–H and O–H groups in total. The summed E-state index contributed by atoms with van der Waals surface area (Å²) < 4.78 is 0. The van der Waals surface area contributed by atoms with Crippen LogP contribution >= 0.6 is 0 Å². The van der Waals surface area contributed by atoms with Crippen molar-refractivity contribution in [3.05, 3.63) is 54.1 Å². The molecule has 22 heavy (non-hydrogen) atoms. The lowest BCUT2D eigenvalue weighted by molar-refractivity contribution is 0.102. The lowest BCUT2D eigenvalue weighted by atomic mass is 10.1. The van der Waals surface area contributed by atoms with E-state index in [1.54, 1.807) is 12.1 Å². The second kappa shape index (κ2) is 6.49. The molecule has 114 valence electrons. The molecule has 2 aromatic carbocycles. The number of anilines is 3. The van der Waals surface area contributed by atoms with Crippen molar-refractivity contribution >= 4 is 23.0 Å². The number of hydrogen-bond donors (Lipinski definition) is 4. The third-order valence-electron chi connectivity index (χ3n) is 3.79. The number of hydrogen-bond acceptors (Lipinski definition) is 4. The predicted octanol–water partition coefficient (Wildman–Crippen LogP) is 2.29. The van der Waals surface area contributed by atoms with Gasteiger partial charge in [0.2, 0.25) is 0 Å². The van der Waals surface area contributed by atoms with Crippen LogP contribution in [0.2, 0.25) is 0 Å². The Hall–Kier alpha value is -2.53. The molecule has 5 nitrogen and oxygen atoms in total. The monoisotopic (exact) mass is 296 g/mol. The van der Waals surface area contributed by atoms with E-state index >= 15 is 0 Å². The maximum atomic E-state index is 12.2. The first-order valence-electron chi connectivity index (χ1n) is 7.45. The number of nitrogen functional groups attached to an aromatic ring is 1. The molecule has 0 spiro atoms. The Kier molecular flexibility index (Phi) is 4.25. The summed E-state index contributed by atoms with van der Waals surface area (Å²) in [6.45, 7) is 2.03. The molecule has 1 amide bonds. The van der Waals surface area contributed by atoms with Crippen molar-refractivity contribution in [3.8, 4) is 0 Å². The van der Waals surface area contributed by atoms with Crippen LogP contribution in [0, 0.1) is 0 Å². The Balaban J connectivity index is 1.64. The Labute approximate surface area is 129 Å². The van der Waals surface area contributed by atoms with Crippen molar-refractivity contribution in [2.75, 3.05) is 29.5 Å². The van der Waals surface area contributed by atoms with Crippen LogP contribution in [0.5, 0.6) is 0 Å². The quantitative estimate of drug-likeness (QED) is 0.653. The Bertz CT molecular complexity index is 648. The van der Waals surface area contributed by atoms with E-state index in [4.69, 9.17) is 5.73 Å². The third-order valence-corrected chi connectivity index (χ3v) is 3.79. The lowest BCUT2D eigenvalue weighted by Gasteiger charge is -2.13. The van der Waals surface area contributed by atoms with E-state index in [1.165, 1.54) is 0 Å². The van der Waals surface area contributed by atoms with Gasteiger partial charge in [-0.15, -0.1) is 0 Å². The number of carbonyl (C=O) groups is 1. The smallest absolute Gasteiger partial charge is 0.255 e. The minimum absolute atomic E-state index is 0.160. The van der Waals surface area contributed by atoms with Gasteiger partial charge >= 0.3 is 0 Å². The normalized spacial score (nSPS) is 17.2. The zero-order valence-corrected chi connectivity index (χ0v) is 12.3. The molecule has 0 saturated carbocycles. The molecule has 0 aliphatic carbocycles. The highest BCUT2D eigenvalue weighted by Crippen LogP contribution is 2.19. The van der Waals surface area contributed by atoms with E-state index in [1.807, 2.05) is 36.4 Å². The summed E-state index contributed by atoms with van der Waals surface area (Å²) in [6, 6.07) is 15.2. The van der Waals surface area contributed by atoms with E-state index in [0.29, 0.717) is 23.0 Å². The van der Waals surface area contributed by atoms with Gasteiger partial charge in [0.25, 0.3) is 5.91 Å². The fraction of sp³-hybridized carbons (Fsp3) is 0.235. The number of benzene rings is 2. The first-order valence-corrected chi connectivity index (χ1v) is 7.45. The molecule has 5 heteroatoms. The summed E-state index contributed by atoms with van der Waals surface area (Å²) in [5, 5.41) is 9.59. The summed E-state index contributed by atoms with van der Waals surface area (Å²) >= 11 is 0. The molecule has 1 unspecified atom stereocenters. The standard InChI is InChI=1S/C17H20N4O/c18-15-3-1-2-4-16(15)21-17(22)12-5-7-13(8-6-12)20-14-9-10-19-11-14/h1-8,14,19-20H,9-11,18H2,(H,21,22). The maximum absolute atomic E-state index is 12.2. The van der Waals surface area contributed by atoms with E-state index in [-0.39, 0.29) is 5.91 Å². The molecule has 0 aromatic heterocycles. The van der Waals surface area contributed by atoms with Gasteiger partial charge in [-0.05, 0) is 49.4 Å². The van der Waals surface area contributed by atoms with Gasteiger partial charge < -0.3 is 21.7 Å². The molecule has 1 fully saturated rings. The van der Waals surface area contributed by atoms with Gasteiger partial charge in [-0.3, -0.25) is 4.79 Å². The summed E-state index contributed by atoms with van der Waals surface area (Å²) in [4.78, 5) is 12.2. The zero-order chi connectivity index (χ0) is 15.4. The number of carbonyl (C=O) groups excluding carboxylic acids is 1. The molecule has 3 rings (SSSR count). The zero-order valence-electron chi connectivity index (χ0n) is 12.3. The first kappa shape index (κ1) is 14.4. The van der Waals surface area contributed by atoms with E-state index in [9.17, 15) is 4.79 Å². The van der Waals surface area contributed by atoms with Gasteiger partial charge in [0.15, 0.2) is 0 Å². The molecular weight excluding hydrogens is 276 g/mol. The van der Waals surface area contributed by atoms with Crippen LogP contribution in [-0.4, -0.2) is 25.0 Å². The Morgan fingerprint density at radius 2 is 1.91 bits per heavy atom. The van der Waals surface area contributed by atoms with Crippen molar-refractivity contribution < 1.29 is 4.79 Å². The van der Waals surface area contributed by atoms with Crippen molar-refractivity contribution in [2.45, 2.75) is 12.5 Å². The van der Waals surface area contributed by atoms with Gasteiger partial charge in [0.1, 0.15) is 0 Å². The van der Waals surface area contributed by atoms with E-state index in [2.05, 4.69) is 16.0 Å². The number of amides is 1. The molecule has 0 bridgehead atoms. The van der Waals surface area contributed by atoms with Gasteiger partial charge in [-0.25, -0.2) is 0 Å². The molecule has 1 aliphatic rings. The first-order chi connectivity index (χ1) is 10.7. The van der Waals surface area contributed by atoms with Crippen LogP contribution in [-0.2, 0) is 0 Å². The van der Waals surface area contributed by atoms with Crippen molar-refractivity contribution in [1.29, 1.82) is 0 Å². The average molecular weight is 296 g/mol. The molecule has 2 aromatic rings. The van der Waals surface area contributed by atoms with Crippen molar-refractivity contribution in [1.82, 2.24) is 5.32 Å².